The molecule has 0 spiro atoms. The first-order chi connectivity index (χ1) is 9.83. The molecular weight excluding hydrogens is 254 g/mol. The normalized spacial score (nSPS) is 19.1. The molecule has 0 atom stereocenters. The summed E-state index contributed by atoms with van der Waals surface area (Å²) in [6, 6.07) is 6.22. The highest BCUT2D eigenvalue weighted by Crippen LogP contribution is 2.19. The maximum atomic E-state index is 12.2. The van der Waals surface area contributed by atoms with Crippen molar-refractivity contribution in [3.8, 4) is 0 Å². The van der Waals surface area contributed by atoms with Gasteiger partial charge in [-0.3, -0.25) is 0 Å². The summed E-state index contributed by atoms with van der Waals surface area (Å²) in [6.07, 6.45) is 2.09. The lowest BCUT2D eigenvalue weighted by Gasteiger charge is -2.27. The number of anilines is 1. The third kappa shape index (κ3) is 3.11. The third-order valence-electron chi connectivity index (χ3n) is 3.90. The van der Waals surface area contributed by atoms with E-state index < -0.39 is 0 Å². The highest BCUT2D eigenvalue weighted by molar-refractivity contribution is 5.89. The minimum Gasteiger partial charge on any atom is -0.378 e. The molecule has 1 saturated heterocycles. The van der Waals surface area contributed by atoms with Gasteiger partial charge in [0.05, 0.1) is 13.2 Å². The van der Waals surface area contributed by atoms with Gasteiger partial charge in [0.15, 0.2) is 0 Å². The van der Waals surface area contributed by atoms with Crippen molar-refractivity contribution in [2.75, 3.05) is 44.7 Å². The molecule has 3 rings (SSSR count). The first-order valence-electron chi connectivity index (χ1n) is 7.29. The monoisotopic (exact) mass is 275 g/mol. The Morgan fingerprint density at radius 1 is 1.15 bits per heavy atom. The lowest BCUT2D eigenvalue weighted by Crippen LogP contribution is -2.43. The molecule has 2 N–H and O–H groups in total. The zero-order valence-corrected chi connectivity index (χ0v) is 11.7. The fourth-order valence-electron chi connectivity index (χ4n) is 2.72. The third-order valence-corrected chi connectivity index (χ3v) is 3.90. The highest BCUT2D eigenvalue weighted by Gasteiger charge is 2.17. The standard InChI is InChI=1S/C15H21N3O2/c19-15(18-7-9-20-10-8-18)17-14-2-1-12-3-5-16-6-4-13(12)11-14/h1-2,11,16H,3-10H2,(H,17,19). The number of nitrogens with one attached hydrogen (secondary N) is 2. The van der Waals surface area contributed by atoms with E-state index in [0.29, 0.717) is 26.3 Å². The van der Waals surface area contributed by atoms with Gasteiger partial charge in [-0.05, 0) is 49.2 Å². The van der Waals surface area contributed by atoms with Gasteiger partial charge in [-0.25, -0.2) is 4.79 Å². The molecule has 5 nitrogen and oxygen atoms in total. The second kappa shape index (κ2) is 6.24. The molecule has 5 heteroatoms. The number of nitrogens with zero attached hydrogens (tertiary/aromatic N) is 1. The van der Waals surface area contributed by atoms with E-state index in [1.807, 2.05) is 6.07 Å². The van der Waals surface area contributed by atoms with Gasteiger partial charge in [0.2, 0.25) is 0 Å². The molecule has 0 saturated carbocycles. The van der Waals surface area contributed by atoms with Gasteiger partial charge in [0.25, 0.3) is 0 Å². The first-order valence-corrected chi connectivity index (χ1v) is 7.29. The molecule has 0 aliphatic carbocycles. The van der Waals surface area contributed by atoms with E-state index in [-0.39, 0.29) is 6.03 Å². The van der Waals surface area contributed by atoms with Crippen LogP contribution < -0.4 is 10.6 Å². The van der Waals surface area contributed by atoms with Crippen LogP contribution >= 0.6 is 0 Å². The van der Waals surface area contributed by atoms with E-state index in [1.54, 1.807) is 4.90 Å². The molecule has 0 unspecified atom stereocenters. The van der Waals surface area contributed by atoms with Gasteiger partial charge in [0, 0.05) is 18.8 Å². The number of amides is 2. The fraction of sp³-hybridized carbons (Fsp3) is 0.533. The summed E-state index contributed by atoms with van der Waals surface area (Å²) >= 11 is 0. The van der Waals surface area contributed by atoms with Crippen molar-refractivity contribution in [2.45, 2.75) is 12.8 Å². The van der Waals surface area contributed by atoms with Crippen LogP contribution in [0.15, 0.2) is 18.2 Å². The molecule has 1 aromatic rings. The second-order valence-electron chi connectivity index (χ2n) is 5.26. The number of fused-ring (bicyclic) bond motifs is 1. The number of benzene rings is 1. The maximum absolute atomic E-state index is 12.2. The number of rotatable bonds is 1. The largest absolute Gasteiger partial charge is 0.378 e. The lowest BCUT2D eigenvalue weighted by molar-refractivity contribution is 0.0564. The molecule has 1 fully saturated rings. The highest BCUT2D eigenvalue weighted by atomic mass is 16.5. The van der Waals surface area contributed by atoms with Crippen LogP contribution in [0.25, 0.3) is 0 Å². The average molecular weight is 275 g/mol. The van der Waals surface area contributed by atoms with Gasteiger partial charge in [-0.2, -0.15) is 0 Å². The molecule has 0 radical (unpaired) electrons. The molecule has 0 aromatic heterocycles. The van der Waals surface area contributed by atoms with Crippen LogP contribution in [0.1, 0.15) is 11.1 Å². The van der Waals surface area contributed by atoms with Crippen molar-refractivity contribution in [2.24, 2.45) is 0 Å². The van der Waals surface area contributed by atoms with E-state index in [9.17, 15) is 4.79 Å². The summed E-state index contributed by atoms with van der Waals surface area (Å²) in [5.74, 6) is 0. The Labute approximate surface area is 119 Å². The van der Waals surface area contributed by atoms with Crippen LogP contribution in [-0.4, -0.2) is 50.3 Å². The number of morpholine rings is 1. The van der Waals surface area contributed by atoms with Crippen molar-refractivity contribution in [3.63, 3.8) is 0 Å². The quantitative estimate of drug-likeness (QED) is 0.811. The van der Waals surface area contributed by atoms with Gasteiger partial charge in [0.1, 0.15) is 0 Å². The minimum atomic E-state index is -0.0278. The molecule has 2 amide bonds. The van der Waals surface area contributed by atoms with Crippen LogP contribution in [0.2, 0.25) is 0 Å². The van der Waals surface area contributed by atoms with Crippen molar-refractivity contribution >= 4 is 11.7 Å². The number of carbonyl (C=O) groups is 1. The van der Waals surface area contributed by atoms with E-state index in [1.165, 1.54) is 11.1 Å². The Hall–Kier alpha value is -1.59. The topological polar surface area (TPSA) is 53.6 Å². The summed E-state index contributed by atoms with van der Waals surface area (Å²) in [5.41, 5.74) is 3.62. The van der Waals surface area contributed by atoms with Crippen LogP contribution in [0.3, 0.4) is 0 Å². The van der Waals surface area contributed by atoms with Crippen molar-refractivity contribution in [3.05, 3.63) is 29.3 Å². The molecule has 0 bridgehead atoms. The first kappa shape index (κ1) is 13.4. The lowest BCUT2D eigenvalue weighted by atomic mass is 10.0. The molecule has 2 heterocycles. The van der Waals surface area contributed by atoms with Gasteiger partial charge < -0.3 is 20.3 Å². The molecule has 2 aliphatic rings. The maximum Gasteiger partial charge on any atom is 0.321 e. The summed E-state index contributed by atoms with van der Waals surface area (Å²) in [4.78, 5) is 14.0. The Bertz CT molecular complexity index is 484. The predicted octanol–water partition coefficient (Wildman–Crippen LogP) is 1.24. The number of carbonyl (C=O) groups excluding carboxylic acids is 1. The molecule has 2 aliphatic heterocycles. The smallest absolute Gasteiger partial charge is 0.321 e. The van der Waals surface area contributed by atoms with E-state index in [2.05, 4.69) is 22.8 Å². The Kier molecular flexibility index (Phi) is 4.18. The van der Waals surface area contributed by atoms with Gasteiger partial charge >= 0.3 is 6.03 Å². The molecule has 108 valence electrons. The van der Waals surface area contributed by atoms with E-state index in [0.717, 1.165) is 31.6 Å². The average Bonchev–Trinajstić information content (AvgIpc) is 2.73. The van der Waals surface area contributed by atoms with Crippen LogP contribution in [0.4, 0.5) is 10.5 Å². The summed E-state index contributed by atoms with van der Waals surface area (Å²) in [5, 5.41) is 6.39. The van der Waals surface area contributed by atoms with Gasteiger partial charge in [-0.15, -0.1) is 0 Å². The number of hydrogen-bond donors (Lipinski definition) is 2. The summed E-state index contributed by atoms with van der Waals surface area (Å²) < 4.78 is 5.26. The number of ether oxygens (including phenoxy) is 1. The summed E-state index contributed by atoms with van der Waals surface area (Å²) in [6.45, 7) is 4.63. The van der Waals surface area contributed by atoms with Crippen molar-refractivity contribution in [1.29, 1.82) is 0 Å². The van der Waals surface area contributed by atoms with Crippen LogP contribution in [0, 0.1) is 0 Å². The number of hydrogen-bond acceptors (Lipinski definition) is 3. The fourth-order valence-corrected chi connectivity index (χ4v) is 2.72. The SMILES string of the molecule is O=C(Nc1ccc2c(c1)CCNCC2)N1CCOCC1. The van der Waals surface area contributed by atoms with Crippen molar-refractivity contribution in [1.82, 2.24) is 10.2 Å². The summed E-state index contributed by atoms with van der Waals surface area (Å²) in [7, 11) is 0. The molecule has 1 aromatic carbocycles. The number of urea groups is 1. The van der Waals surface area contributed by atoms with Crippen molar-refractivity contribution < 1.29 is 9.53 Å². The van der Waals surface area contributed by atoms with Gasteiger partial charge in [-0.1, -0.05) is 6.07 Å². The van der Waals surface area contributed by atoms with E-state index >= 15 is 0 Å². The zero-order chi connectivity index (χ0) is 13.8. The Morgan fingerprint density at radius 2 is 1.90 bits per heavy atom. The van der Waals surface area contributed by atoms with Crippen LogP contribution in [0.5, 0.6) is 0 Å². The molecule has 20 heavy (non-hydrogen) atoms. The zero-order valence-electron chi connectivity index (χ0n) is 11.7. The van der Waals surface area contributed by atoms with E-state index in [4.69, 9.17) is 4.74 Å². The minimum absolute atomic E-state index is 0.0278. The Morgan fingerprint density at radius 3 is 2.70 bits per heavy atom. The second-order valence-corrected chi connectivity index (χ2v) is 5.26. The van der Waals surface area contributed by atoms with Crippen LogP contribution in [-0.2, 0) is 17.6 Å². The Balaban J connectivity index is 1.68. The molecular formula is C15H21N3O2. The predicted molar refractivity (Wildman–Crippen MR) is 78.1 cm³/mol.